The quantitative estimate of drug-likeness (QED) is 0.864. The first kappa shape index (κ1) is 12.9. The second-order valence-corrected chi connectivity index (χ2v) is 5.40. The summed E-state index contributed by atoms with van der Waals surface area (Å²) >= 11 is 17.4. The Morgan fingerprint density at radius 2 is 2.00 bits per heavy atom. The van der Waals surface area contributed by atoms with Gasteiger partial charge in [0.15, 0.2) is 0 Å². The molecule has 1 aliphatic heterocycles. The number of carbonyl (C=O) groups is 1. The topological polar surface area (TPSA) is 53.4 Å². The van der Waals surface area contributed by atoms with Gasteiger partial charge in [-0.3, -0.25) is 4.79 Å². The van der Waals surface area contributed by atoms with Gasteiger partial charge < -0.3 is 10.0 Å². The van der Waals surface area contributed by atoms with E-state index in [0.717, 1.165) is 0 Å². The fourth-order valence-electron chi connectivity index (χ4n) is 1.66. The number of carbonyl (C=O) groups excluding carboxylic acids is 1. The van der Waals surface area contributed by atoms with E-state index in [4.69, 9.17) is 34.8 Å². The van der Waals surface area contributed by atoms with Gasteiger partial charge in [0.25, 0.3) is 5.91 Å². The molecule has 1 fully saturated rings. The highest BCUT2D eigenvalue weighted by Crippen LogP contribution is 2.32. The zero-order valence-corrected chi connectivity index (χ0v) is 11.1. The summed E-state index contributed by atoms with van der Waals surface area (Å²) in [6, 6.07) is 0. The fraction of sp³-hybridized carbons (Fsp3) is 0.400. The Labute approximate surface area is 113 Å². The summed E-state index contributed by atoms with van der Waals surface area (Å²) in [6.07, 6.45) is 1.28. The summed E-state index contributed by atoms with van der Waals surface area (Å²) in [4.78, 5) is 17.3. The summed E-state index contributed by atoms with van der Waals surface area (Å²) in [7, 11) is 0. The highest BCUT2D eigenvalue weighted by atomic mass is 35.5. The lowest BCUT2D eigenvalue weighted by Crippen LogP contribution is -2.61. The maximum absolute atomic E-state index is 12.0. The molecule has 7 heteroatoms. The molecule has 0 unspecified atom stereocenters. The normalized spacial score (nSPS) is 17.8. The molecule has 0 saturated carbocycles. The second-order valence-electron chi connectivity index (χ2n) is 4.24. The molecule has 1 amide bonds. The number of halogens is 3. The number of aromatic nitrogens is 1. The van der Waals surface area contributed by atoms with Crippen LogP contribution in [0.4, 0.5) is 0 Å². The first-order valence-corrected chi connectivity index (χ1v) is 5.96. The molecule has 4 nitrogen and oxygen atoms in total. The Kier molecular flexibility index (Phi) is 3.25. The smallest absolute Gasteiger partial charge is 0.274 e. The Balaban J connectivity index is 2.24. The molecule has 0 bridgehead atoms. The third kappa shape index (κ3) is 2.36. The summed E-state index contributed by atoms with van der Waals surface area (Å²) in [6.45, 7) is 2.16. The van der Waals surface area contributed by atoms with E-state index in [1.165, 1.54) is 11.1 Å². The highest BCUT2D eigenvalue weighted by molar-refractivity contribution is 6.48. The minimum atomic E-state index is -0.835. The molecule has 2 heterocycles. The first-order chi connectivity index (χ1) is 7.82. The van der Waals surface area contributed by atoms with Gasteiger partial charge in [-0.05, 0) is 6.92 Å². The molecule has 1 aliphatic rings. The van der Waals surface area contributed by atoms with Crippen molar-refractivity contribution in [2.24, 2.45) is 0 Å². The van der Waals surface area contributed by atoms with Crippen LogP contribution in [0.2, 0.25) is 15.1 Å². The number of likely N-dealkylation sites (tertiary alicyclic amines) is 1. The van der Waals surface area contributed by atoms with Crippen LogP contribution in [-0.4, -0.2) is 39.6 Å². The van der Waals surface area contributed by atoms with Crippen molar-refractivity contribution in [3.05, 3.63) is 27.0 Å². The molecule has 0 atom stereocenters. The van der Waals surface area contributed by atoms with Crippen LogP contribution in [0.3, 0.4) is 0 Å². The van der Waals surface area contributed by atoms with Gasteiger partial charge in [0.2, 0.25) is 0 Å². The van der Waals surface area contributed by atoms with Gasteiger partial charge in [-0.15, -0.1) is 0 Å². The lowest BCUT2D eigenvalue weighted by atomic mass is 9.96. The van der Waals surface area contributed by atoms with Crippen molar-refractivity contribution in [2.45, 2.75) is 12.5 Å². The molecule has 0 aromatic carbocycles. The van der Waals surface area contributed by atoms with E-state index in [2.05, 4.69) is 4.98 Å². The van der Waals surface area contributed by atoms with Gasteiger partial charge in [-0.2, -0.15) is 0 Å². The van der Waals surface area contributed by atoms with Gasteiger partial charge in [-0.1, -0.05) is 34.8 Å². The van der Waals surface area contributed by atoms with Gasteiger partial charge in [-0.25, -0.2) is 4.98 Å². The van der Waals surface area contributed by atoms with Crippen molar-refractivity contribution in [1.29, 1.82) is 0 Å². The van der Waals surface area contributed by atoms with E-state index in [-0.39, 0.29) is 39.8 Å². The molecule has 0 aliphatic carbocycles. The van der Waals surface area contributed by atoms with E-state index < -0.39 is 5.60 Å². The van der Waals surface area contributed by atoms with Crippen LogP contribution < -0.4 is 0 Å². The molecular weight excluding hydrogens is 286 g/mol. The Bertz CT molecular complexity index is 483. The fourth-order valence-corrected chi connectivity index (χ4v) is 2.22. The molecule has 0 radical (unpaired) electrons. The number of rotatable bonds is 1. The van der Waals surface area contributed by atoms with Gasteiger partial charge >= 0.3 is 0 Å². The molecule has 92 valence electrons. The van der Waals surface area contributed by atoms with E-state index in [0.29, 0.717) is 0 Å². The van der Waals surface area contributed by atoms with Crippen LogP contribution in [0.15, 0.2) is 6.20 Å². The Hall–Kier alpha value is -0.550. The molecular formula is C10H9Cl3N2O2. The number of pyridine rings is 1. The van der Waals surface area contributed by atoms with Crippen molar-refractivity contribution in [3.8, 4) is 0 Å². The average Bonchev–Trinajstić information content (AvgIpc) is 2.22. The first-order valence-electron chi connectivity index (χ1n) is 4.83. The molecule has 0 spiro atoms. The zero-order chi connectivity index (χ0) is 12.8. The van der Waals surface area contributed by atoms with Crippen molar-refractivity contribution in [3.63, 3.8) is 0 Å². The summed E-state index contributed by atoms with van der Waals surface area (Å²) in [5.74, 6) is -0.361. The Morgan fingerprint density at radius 3 is 2.53 bits per heavy atom. The van der Waals surface area contributed by atoms with E-state index in [1.54, 1.807) is 6.92 Å². The maximum Gasteiger partial charge on any atom is 0.274 e. The standard InChI is InChI=1S/C10H9Cl3N2O2/c1-10(17)3-15(4-10)9(16)8-7(13)6(12)5(11)2-14-8/h2,17H,3-4H2,1H3. The van der Waals surface area contributed by atoms with Crippen LogP contribution >= 0.6 is 34.8 Å². The van der Waals surface area contributed by atoms with Crippen molar-refractivity contribution < 1.29 is 9.90 Å². The Morgan fingerprint density at radius 1 is 1.41 bits per heavy atom. The van der Waals surface area contributed by atoms with Crippen LogP contribution in [-0.2, 0) is 0 Å². The lowest BCUT2D eigenvalue weighted by molar-refractivity contribution is -0.0670. The van der Waals surface area contributed by atoms with Crippen molar-refractivity contribution in [1.82, 2.24) is 9.88 Å². The molecule has 1 aromatic rings. The third-order valence-electron chi connectivity index (χ3n) is 2.47. The van der Waals surface area contributed by atoms with Crippen LogP contribution in [0.1, 0.15) is 17.4 Å². The molecule has 1 saturated heterocycles. The largest absolute Gasteiger partial charge is 0.386 e. The summed E-state index contributed by atoms with van der Waals surface area (Å²) < 4.78 is 0. The molecule has 17 heavy (non-hydrogen) atoms. The van der Waals surface area contributed by atoms with Crippen molar-refractivity contribution >= 4 is 40.7 Å². The number of aliphatic hydroxyl groups is 1. The second kappa shape index (κ2) is 4.28. The minimum Gasteiger partial charge on any atom is -0.386 e. The predicted molar refractivity (Wildman–Crippen MR) is 65.8 cm³/mol. The maximum atomic E-state index is 12.0. The van der Waals surface area contributed by atoms with E-state index in [1.807, 2.05) is 0 Å². The number of hydrogen-bond donors (Lipinski definition) is 1. The molecule has 1 N–H and O–H groups in total. The highest BCUT2D eigenvalue weighted by Gasteiger charge is 2.40. The molecule has 2 rings (SSSR count). The monoisotopic (exact) mass is 294 g/mol. The third-order valence-corrected chi connectivity index (χ3v) is 3.71. The zero-order valence-electron chi connectivity index (χ0n) is 8.88. The average molecular weight is 296 g/mol. The number of amides is 1. The van der Waals surface area contributed by atoms with Gasteiger partial charge in [0, 0.05) is 6.20 Å². The SMILES string of the molecule is CC1(O)CN(C(=O)c2ncc(Cl)c(Cl)c2Cl)C1. The summed E-state index contributed by atoms with van der Waals surface area (Å²) in [5, 5.41) is 9.90. The minimum absolute atomic E-state index is 0.0377. The van der Waals surface area contributed by atoms with E-state index in [9.17, 15) is 9.90 Å². The molecule has 1 aromatic heterocycles. The lowest BCUT2D eigenvalue weighted by Gasteiger charge is -2.43. The predicted octanol–water partition coefficient (Wildman–Crippen LogP) is 2.25. The van der Waals surface area contributed by atoms with Gasteiger partial charge in [0.05, 0.1) is 33.8 Å². The summed E-state index contributed by atoms with van der Waals surface area (Å²) in [5.41, 5.74) is -0.783. The van der Waals surface area contributed by atoms with Crippen LogP contribution in [0.5, 0.6) is 0 Å². The van der Waals surface area contributed by atoms with Crippen LogP contribution in [0, 0.1) is 0 Å². The van der Waals surface area contributed by atoms with Crippen LogP contribution in [0.25, 0.3) is 0 Å². The number of nitrogens with zero attached hydrogens (tertiary/aromatic N) is 2. The number of β-amino-alcohol motifs (C(OH)–C–C–N with tert-alkyl or cyclic N) is 1. The van der Waals surface area contributed by atoms with Crippen molar-refractivity contribution in [2.75, 3.05) is 13.1 Å². The number of hydrogen-bond acceptors (Lipinski definition) is 3. The van der Waals surface area contributed by atoms with Gasteiger partial charge in [0.1, 0.15) is 5.69 Å². The van der Waals surface area contributed by atoms with E-state index >= 15 is 0 Å².